The Hall–Kier alpha value is -1.56. The maximum atomic E-state index is 12.6. The molecule has 2 rings (SSSR count). The molecule has 0 bridgehead atoms. The molecule has 1 heterocycles. The van der Waals surface area contributed by atoms with Crippen molar-refractivity contribution in [3.05, 3.63) is 45.9 Å². The molecule has 0 fully saturated rings. The minimum Gasteiger partial charge on any atom is -0.378 e. The Morgan fingerprint density at radius 3 is 2.59 bits per heavy atom. The van der Waals surface area contributed by atoms with Crippen molar-refractivity contribution in [2.45, 2.75) is 26.2 Å². The van der Waals surface area contributed by atoms with Gasteiger partial charge < -0.3 is 15.5 Å². The lowest BCUT2D eigenvalue weighted by molar-refractivity contribution is -0.140. The van der Waals surface area contributed by atoms with Crippen LogP contribution < -0.4 is 15.5 Å². The van der Waals surface area contributed by atoms with Gasteiger partial charge in [-0.2, -0.15) is 13.2 Å². The molecule has 0 aliphatic heterocycles. The molecule has 0 aliphatic carbocycles. The smallest absolute Gasteiger partial charge is 0.378 e. The van der Waals surface area contributed by atoms with Gasteiger partial charge in [0.25, 0.3) is 0 Å². The summed E-state index contributed by atoms with van der Waals surface area (Å²) in [5.41, 5.74) is 1.27. The van der Waals surface area contributed by atoms with Gasteiger partial charge in [0.1, 0.15) is 5.01 Å². The van der Waals surface area contributed by atoms with Crippen LogP contribution in [0.5, 0.6) is 0 Å². The predicted octanol–water partition coefficient (Wildman–Crippen LogP) is 4.10. The largest absolute Gasteiger partial charge is 0.434 e. The van der Waals surface area contributed by atoms with Gasteiger partial charge in [0.2, 0.25) is 0 Å². The number of guanidine groups is 1. The molecular formula is C17H23F3IN5S. The number of halogens is 4. The second kappa shape index (κ2) is 10.7. The third-order valence-electron chi connectivity index (χ3n) is 3.44. The second-order valence-electron chi connectivity index (χ2n) is 5.74. The number of hydrogen-bond acceptors (Lipinski definition) is 4. The van der Waals surface area contributed by atoms with E-state index in [4.69, 9.17) is 0 Å². The predicted molar refractivity (Wildman–Crippen MR) is 115 cm³/mol. The van der Waals surface area contributed by atoms with E-state index in [-0.39, 0.29) is 30.5 Å². The SMILES string of the molecule is CCNC(=NCc1cccc(N(C)C)c1)NCc1nc(C(F)(F)F)cs1.I. The third-order valence-corrected chi connectivity index (χ3v) is 4.29. The summed E-state index contributed by atoms with van der Waals surface area (Å²) in [5, 5.41) is 7.48. The minimum atomic E-state index is -4.41. The van der Waals surface area contributed by atoms with Crippen LogP contribution in [0.3, 0.4) is 0 Å². The number of rotatable bonds is 6. The molecule has 0 amide bonds. The Bertz CT molecular complexity index is 746. The highest BCUT2D eigenvalue weighted by atomic mass is 127. The molecule has 0 radical (unpaired) electrons. The van der Waals surface area contributed by atoms with Crippen molar-refractivity contribution in [2.24, 2.45) is 4.99 Å². The summed E-state index contributed by atoms with van der Waals surface area (Å²) in [6.07, 6.45) is -4.41. The summed E-state index contributed by atoms with van der Waals surface area (Å²) < 4.78 is 37.8. The van der Waals surface area contributed by atoms with Crippen LogP contribution in [0.25, 0.3) is 0 Å². The summed E-state index contributed by atoms with van der Waals surface area (Å²) >= 11 is 0.974. The topological polar surface area (TPSA) is 52.6 Å². The summed E-state index contributed by atoms with van der Waals surface area (Å²) in [6.45, 7) is 3.22. The molecule has 2 aromatic rings. The summed E-state index contributed by atoms with van der Waals surface area (Å²) in [5.74, 6) is 0.534. The van der Waals surface area contributed by atoms with E-state index in [9.17, 15) is 13.2 Å². The molecule has 27 heavy (non-hydrogen) atoms. The zero-order chi connectivity index (χ0) is 19.2. The fourth-order valence-corrected chi connectivity index (χ4v) is 2.87. The highest BCUT2D eigenvalue weighted by Crippen LogP contribution is 2.29. The van der Waals surface area contributed by atoms with Crippen LogP contribution in [0, 0.1) is 0 Å². The molecule has 2 N–H and O–H groups in total. The Kier molecular flexibility index (Phi) is 9.30. The molecule has 0 atom stereocenters. The van der Waals surface area contributed by atoms with Crippen LogP contribution >= 0.6 is 35.3 Å². The van der Waals surface area contributed by atoms with Gasteiger partial charge in [0.05, 0.1) is 13.1 Å². The Morgan fingerprint density at radius 1 is 1.26 bits per heavy atom. The van der Waals surface area contributed by atoms with Crippen molar-refractivity contribution in [2.75, 3.05) is 25.5 Å². The fourth-order valence-electron chi connectivity index (χ4n) is 2.13. The Morgan fingerprint density at radius 2 is 2.00 bits per heavy atom. The number of nitrogens with one attached hydrogen (secondary N) is 2. The molecular weight excluding hydrogens is 490 g/mol. The van der Waals surface area contributed by atoms with Gasteiger partial charge in [-0.15, -0.1) is 35.3 Å². The summed E-state index contributed by atoms with van der Waals surface area (Å²) in [6, 6.07) is 8.01. The highest BCUT2D eigenvalue weighted by molar-refractivity contribution is 14.0. The number of aromatic nitrogens is 1. The molecule has 0 unspecified atom stereocenters. The highest BCUT2D eigenvalue weighted by Gasteiger charge is 2.33. The molecule has 0 spiro atoms. The molecule has 1 aromatic heterocycles. The van der Waals surface area contributed by atoms with Crippen molar-refractivity contribution in [1.82, 2.24) is 15.6 Å². The van der Waals surface area contributed by atoms with Gasteiger partial charge in [-0.3, -0.25) is 0 Å². The second-order valence-corrected chi connectivity index (χ2v) is 6.68. The van der Waals surface area contributed by atoms with E-state index in [0.29, 0.717) is 24.1 Å². The van der Waals surface area contributed by atoms with Gasteiger partial charge >= 0.3 is 6.18 Å². The van der Waals surface area contributed by atoms with E-state index >= 15 is 0 Å². The number of alkyl halides is 3. The zero-order valence-corrected chi connectivity index (χ0v) is 18.4. The number of hydrogen-bond donors (Lipinski definition) is 2. The first-order valence-electron chi connectivity index (χ1n) is 8.09. The number of benzene rings is 1. The zero-order valence-electron chi connectivity index (χ0n) is 15.3. The van der Waals surface area contributed by atoms with Crippen LogP contribution in [-0.2, 0) is 19.3 Å². The number of aliphatic imine (C=N–C) groups is 1. The van der Waals surface area contributed by atoms with Crippen LogP contribution in [0.1, 0.15) is 23.2 Å². The summed E-state index contributed by atoms with van der Waals surface area (Å²) in [7, 11) is 3.94. The normalized spacial score (nSPS) is 11.7. The van der Waals surface area contributed by atoms with Gasteiger partial charge in [-0.25, -0.2) is 9.98 Å². The third kappa shape index (κ3) is 7.53. The Balaban J connectivity index is 0.00000364. The number of nitrogens with zero attached hydrogens (tertiary/aromatic N) is 3. The minimum absolute atomic E-state index is 0. The maximum absolute atomic E-state index is 12.6. The molecule has 0 saturated carbocycles. The molecule has 150 valence electrons. The van der Waals surface area contributed by atoms with Crippen LogP contribution in [0.2, 0.25) is 0 Å². The molecule has 5 nitrogen and oxygen atoms in total. The first kappa shape index (κ1) is 23.5. The molecule has 0 saturated heterocycles. The number of anilines is 1. The van der Waals surface area contributed by atoms with Crippen molar-refractivity contribution < 1.29 is 13.2 Å². The van der Waals surface area contributed by atoms with E-state index in [1.165, 1.54) is 0 Å². The lowest BCUT2D eigenvalue weighted by Crippen LogP contribution is -2.36. The first-order valence-corrected chi connectivity index (χ1v) is 8.97. The van der Waals surface area contributed by atoms with Gasteiger partial charge in [-0.05, 0) is 24.6 Å². The van der Waals surface area contributed by atoms with Crippen LogP contribution in [0.15, 0.2) is 34.6 Å². The monoisotopic (exact) mass is 513 g/mol. The first-order chi connectivity index (χ1) is 12.3. The molecule has 0 aliphatic rings. The van der Waals surface area contributed by atoms with Crippen molar-refractivity contribution in [1.29, 1.82) is 0 Å². The van der Waals surface area contributed by atoms with Crippen LogP contribution in [0.4, 0.5) is 18.9 Å². The lowest BCUT2D eigenvalue weighted by atomic mass is 10.2. The van der Waals surface area contributed by atoms with E-state index in [1.54, 1.807) is 0 Å². The molecule has 10 heteroatoms. The van der Waals surface area contributed by atoms with Crippen molar-refractivity contribution in [3.8, 4) is 0 Å². The average Bonchev–Trinajstić information content (AvgIpc) is 3.07. The molecule has 1 aromatic carbocycles. The van der Waals surface area contributed by atoms with Crippen molar-refractivity contribution >= 4 is 47.0 Å². The number of thiazole rings is 1. The summed E-state index contributed by atoms with van der Waals surface area (Å²) in [4.78, 5) is 10.1. The van der Waals surface area contributed by atoms with Gasteiger partial charge in [-0.1, -0.05) is 12.1 Å². The van der Waals surface area contributed by atoms with E-state index in [0.717, 1.165) is 28.0 Å². The lowest BCUT2D eigenvalue weighted by Gasteiger charge is -2.13. The van der Waals surface area contributed by atoms with Crippen LogP contribution in [-0.4, -0.2) is 31.6 Å². The average molecular weight is 513 g/mol. The standard InChI is InChI=1S/C17H22F3N5S.HI/c1-4-21-16(22-9-12-6-5-7-13(8-12)25(2)3)23-10-15-24-14(11-26-15)17(18,19)20;/h5-8,11H,4,9-10H2,1-3H3,(H2,21,22,23);1H. The Labute approximate surface area is 178 Å². The van der Waals surface area contributed by atoms with E-state index in [1.807, 2.05) is 50.2 Å². The maximum Gasteiger partial charge on any atom is 0.434 e. The quantitative estimate of drug-likeness (QED) is 0.347. The van der Waals surface area contributed by atoms with Gasteiger partial charge in [0.15, 0.2) is 11.7 Å². The van der Waals surface area contributed by atoms with E-state index < -0.39 is 11.9 Å². The fraction of sp³-hybridized carbons (Fsp3) is 0.412. The van der Waals surface area contributed by atoms with Gasteiger partial charge in [0, 0.05) is 31.7 Å². The van der Waals surface area contributed by atoms with Crippen molar-refractivity contribution in [3.63, 3.8) is 0 Å². The van der Waals surface area contributed by atoms with E-state index in [2.05, 4.69) is 20.6 Å².